The minimum absolute atomic E-state index is 0.240. The van der Waals surface area contributed by atoms with Gasteiger partial charge in [-0.1, -0.05) is 12.1 Å². The molecule has 20 heavy (non-hydrogen) atoms. The number of ether oxygens (including phenoxy) is 1. The van der Waals surface area contributed by atoms with Gasteiger partial charge < -0.3 is 14.8 Å². The molecule has 8 heteroatoms. The highest BCUT2D eigenvalue weighted by Gasteiger charge is 2.30. The second-order valence-electron chi connectivity index (χ2n) is 4.87. The van der Waals surface area contributed by atoms with Crippen LogP contribution in [0.4, 0.5) is 0 Å². The van der Waals surface area contributed by atoms with Crippen LogP contribution < -0.4 is 5.46 Å². The van der Waals surface area contributed by atoms with Gasteiger partial charge in [-0.15, -0.1) is 0 Å². The first-order chi connectivity index (χ1) is 9.34. The smallest absolute Gasteiger partial charge is 0.423 e. The number of aryl methyl sites for hydroxylation is 2. The average molecular weight is 299 g/mol. The van der Waals surface area contributed by atoms with Gasteiger partial charge in [0.2, 0.25) is 10.0 Å². The van der Waals surface area contributed by atoms with E-state index in [1.807, 2.05) is 0 Å². The second-order valence-corrected chi connectivity index (χ2v) is 6.75. The van der Waals surface area contributed by atoms with Crippen LogP contribution in [0.15, 0.2) is 17.0 Å². The Bertz CT molecular complexity index is 573. The quantitative estimate of drug-likeness (QED) is 0.699. The molecule has 2 rings (SSSR count). The topological polar surface area (TPSA) is 87.1 Å². The summed E-state index contributed by atoms with van der Waals surface area (Å²) in [5.41, 5.74) is 1.32. The Balaban J connectivity index is 2.46. The molecule has 110 valence electrons. The van der Waals surface area contributed by atoms with Crippen LogP contribution in [0.2, 0.25) is 0 Å². The van der Waals surface area contributed by atoms with Gasteiger partial charge in [0.1, 0.15) is 0 Å². The Labute approximate surface area is 119 Å². The van der Waals surface area contributed by atoms with Gasteiger partial charge in [-0.3, -0.25) is 0 Å². The number of benzene rings is 1. The largest absolute Gasteiger partial charge is 0.488 e. The molecule has 1 aliphatic heterocycles. The van der Waals surface area contributed by atoms with Crippen LogP contribution in [-0.2, 0) is 14.8 Å². The Morgan fingerprint density at radius 3 is 2.10 bits per heavy atom. The van der Waals surface area contributed by atoms with Gasteiger partial charge in [0.05, 0.1) is 18.1 Å². The van der Waals surface area contributed by atoms with Gasteiger partial charge in [-0.2, -0.15) is 4.31 Å². The molecule has 0 atom stereocenters. The van der Waals surface area contributed by atoms with E-state index in [4.69, 9.17) is 4.74 Å². The molecule has 1 saturated heterocycles. The van der Waals surface area contributed by atoms with Gasteiger partial charge >= 0.3 is 7.12 Å². The van der Waals surface area contributed by atoms with E-state index in [1.54, 1.807) is 13.8 Å². The van der Waals surface area contributed by atoms with Crippen molar-refractivity contribution in [1.82, 2.24) is 4.31 Å². The third kappa shape index (κ3) is 2.89. The van der Waals surface area contributed by atoms with E-state index in [1.165, 1.54) is 16.4 Å². The summed E-state index contributed by atoms with van der Waals surface area (Å²) in [6, 6.07) is 2.98. The van der Waals surface area contributed by atoms with Gasteiger partial charge in [0.25, 0.3) is 0 Å². The number of sulfonamides is 1. The summed E-state index contributed by atoms with van der Waals surface area (Å²) in [6.45, 7) is 4.78. The van der Waals surface area contributed by atoms with E-state index in [0.29, 0.717) is 42.9 Å². The lowest BCUT2D eigenvalue weighted by Gasteiger charge is -2.27. The molecule has 2 N–H and O–H groups in total. The van der Waals surface area contributed by atoms with Crippen LogP contribution in [0.5, 0.6) is 0 Å². The van der Waals surface area contributed by atoms with E-state index >= 15 is 0 Å². The molecule has 1 aliphatic rings. The van der Waals surface area contributed by atoms with E-state index in [9.17, 15) is 18.5 Å². The number of hydrogen-bond donors (Lipinski definition) is 2. The Morgan fingerprint density at radius 1 is 1.15 bits per heavy atom. The number of rotatable bonds is 3. The molecule has 1 aromatic carbocycles. The summed E-state index contributed by atoms with van der Waals surface area (Å²) < 4.78 is 31.9. The minimum atomic E-state index is -3.58. The molecule has 0 aromatic heterocycles. The molecule has 6 nitrogen and oxygen atoms in total. The maximum absolute atomic E-state index is 12.7. The molecule has 0 amide bonds. The summed E-state index contributed by atoms with van der Waals surface area (Å²) >= 11 is 0. The lowest BCUT2D eigenvalue weighted by atomic mass is 9.79. The molecule has 1 aromatic rings. The number of hydrogen-bond acceptors (Lipinski definition) is 5. The summed E-state index contributed by atoms with van der Waals surface area (Å²) in [7, 11) is -5.18. The van der Waals surface area contributed by atoms with Crippen molar-refractivity contribution in [3.8, 4) is 0 Å². The molecule has 0 bridgehead atoms. The first-order valence-electron chi connectivity index (χ1n) is 6.39. The number of morpholine rings is 1. The maximum Gasteiger partial charge on any atom is 0.488 e. The monoisotopic (exact) mass is 299 g/mol. The van der Waals surface area contributed by atoms with E-state index in [-0.39, 0.29) is 4.90 Å². The van der Waals surface area contributed by atoms with Crippen molar-refractivity contribution in [3.63, 3.8) is 0 Å². The van der Waals surface area contributed by atoms with Gasteiger partial charge in [0, 0.05) is 13.1 Å². The average Bonchev–Trinajstić information content (AvgIpc) is 2.38. The van der Waals surface area contributed by atoms with Crippen LogP contribution >= 0.6 is 0 Å². The van der Waals surface area contributed by atoms with Gasteiger partial charge in [-0.25, -0.2) is 8.42 Å². The van der Waals surface area contributed by atoms with E-state index in [2.05, 4.69) is 0 Å². The zero-order chi connectivity index (χ0) is 14.9. The van der Waals surface area contributed by atoms with Crippen molar-refractivity contribution in [2.45, 2.75) is 18.7 Å². The highest BCUT2D eigenvalue weighted by atomic mass is 32.2. The van der Waals surface area contributed by atoms with Crippen LogP contribution in [0.3, 0.4) is 0 Å². The van der Waals surface area contributed by atoms with Crippen LogP contribution in [0.25, 0.3) is 0 Å². The Hall–Kier alpha value is -0.925. The molecule has 0 aliphatic carbocycles. The van der Waals surface area contributed by atoms with Crippen LogP contribution in [-0.4, -0.2) is 56.2 Å². The van der Waals surface area contributed by atoms with Crippen molar-refractivity contribution < 1.29 is 23.2 Å². The van der Waals surface area contributed by atoms with Crippen LogP contribution in [0.1, 0.15) is 11.1 Å². The first-order valence-corrected chi connectivity index (χ1v) is 7.83. The highest BCUT2D eigenvalue weighted by Crippen LogP contribution is 2.23. The molecular weight excluding hydrogens is 281 g/mol. The van der Waals surface area contributed by atoms with Crippen molar-refractivity contribution >= 4 is 22.6 Å². The molecular formula is C12H18BNO5S. The normalized spacial score (nSPS) is 17.2. The summed E-state index contributed by atoms with van der Waals surface area (Å²) in [5.74, 6) is 0. The SMILES string of the molecule is Cc1cc(B(O)O)cc(C)c1S(=O)(=O)N1CCOCC1. The second kappa shape index (κ2) is 5.83. The molecule has 0 saturated carbocycles. The zero-order valence-corrected chi connectivity index (χ0v) is 12.4. The van der Waals surface area contributed by atoms with Gasteiger partial charge in [0.15, 0.2) is 0 Å². The van der Waals surface area contributed by atoms with E-state index in [0.717, 1.165) is 0 Å². The molecule has 1 fully saturated rings. The predicted molar refractivity (Wildman–Crippen MR) is 75.3 cm³/mol. The van der Waals surface area contributed by atoms with Gasteiger partial charge in [-0.05, 0) is 30.4 Å². The lowest BCUT2D eigenvalue weighted by Crippen LogP contribution is -2.41. The lowest BCUT2D eigenvalue weighted by molar-refractivity contribution is 0.0730. The van der Waals surface area contributed by atoms with Crippen molar-refractivity contribution in [2.24, 2.45) is 0 Å². The fourth-order valence-electron chi connectivity index (χ4n) is 2.46. The third-order valence-corrected chi connectivity index (χ3v) is 5.55. The highest BCUT2D eigenvalue weighted by molar-refractivity contribution is 7.89. The number of nitrogens with zero attached hydrogens (tertiary/aromatic N) is 1. The van der Waals surface area contributed by atoms with E-state index < -0.39 is 17.1 Å². The van der Waals surface area contributed by atoms with Crippen molar-refractivity contribution in [2.75, 3.05) is 26.3 Å². The minimum Gasteiger partial charge on any atom is -0.423 e. The standard InChI is InChI=1S/C12H18BNO5S/c1-9-7-11(13(15)16)8-10(2)12(9)20(17,18)14-3-5-19-6-4-14/h7-8,15-16H,3-6H2,1-2H3. The van der Waals surface area contributed by atoms with Crippen molar-refractivity contribution in [3.05, 3.63) is 23.3 Å². The third-order valence-electron chi connectivity index (χ3n) is 3.35. The predicted octanol–water partition coefficient (Wildman–Crippen LogP) is -0.996. The molecule has 1 heterocycles. The fourth-order valence-corrected chi connectivity index (χ4v) is 4.28. The molecule has 0 spiro atoms. The summed E-state index contributed by atoms with van der Waals surface area (Å²) in [4.78, 5) is 0.240. The Kier molecular flexibility index (Phi) is 4.50. The molecule has 0 radical (unpaired) electrons. The Morgan fingerprint density at radius 2 is 1.65 bits per heavy atom. The molecule has 0 unspecified atom stereocenters. The zero-order valence-electron chi connectivity index (χ0n) is 11.5. The summed E-state index contributed by atoms with van der Waals surface area (Å²) in [6.07, 6.45) is 0. The van der Waals surface area contributed by atoms with Crippen molar-refractivity contribution in [1.29, 1.82) is 0 Å². The first kappa shape index (κ1) is 15.5. The fraction of sp³-hybridized carbons (Fsp3) is 0.500. The maximum atomic E-state index is 12.7. The van der Waals surface area contributed by atoms with Crippen LogP contribution in [0, 0.1) is 13.8 Å². The summed E-state index contributed by atoms with van der Waals surface area (Å²) in [5, 5.41) is 18.4.